The van der Waals surface area contributed by atoms with Crippen molar-refractivity contribution in [3.63, 3.8) is 0 Å². The Labute approximate surface area is 66.1 Å². The largest absolute Gasteiger partial charge is 0.599 e. The molecule has 3 aliphatic heterocycles. The van der Waals surface area contributed by atoms with Crippen molar-refractivity contribution in [3.8, 4) is 0 Å². The average molecular weight is 193 g/mol. The zero-order valence-electron chi connectivity index (χ0n) is 5.58. The van der Waals surface area contributed by atoms with E-state index in [2.05, 4.69) is 24.0 Å². The molecule has 2 bridgehead atoms. The minimum Gasteiger partial charge on any atom is -0.366 e. The summed E-state index contributed by atoms with van der Waals surface area (Å²) in [7, 11) is -3.59. The highest BCUT2D eigenvalue weighted by Crippen LogP contribution is 2.59. The van der Waals surface area contributed by atoms with Gasteiger partial charge >= 0.3 is 7.82 Å². The number of hydrogen-bond donors (Lipinski definition) is 2. The quantitative estimate of drug-likeness (QED) is 0.465. The van der Waals surface area contributed by atoms with Crippen molar-refractivity contribution in [3.05, 3.63) is 0 Å². The molecule has 10 heteroatoms. The van der Waals surface area contributed by atoms with Gasteiger partial charge in [-0.1, -0.05) is 5.23 Å². The molecule has 0 radical (unpaired) electrons. The van der Waals surface area contributed by atoms with Gasteiger partial charge < -0.3 is 11.5 Å². The maximum absolute atomic E-state index is 11.0. The number of oxime groups is 1. The summed E-state index contributed by atoms with van der Waals surface area (Å²) in [6.07, 6.45) is 0. The van der Waals surface area contributed by atoms with Gasteiger partial charge in [0.05, 0.1) is 0 Å². The van der Waals surface area contributed by atoms with Gasteiger partial charge in [0, 0.05) is 0 Å². The number of guanidine groups is 2. The second-order valence-corrected chi connectivity index (χ2v) is 3.25. The first kappa shape index (κ1) is 7.35. The van der Waals surface area contributed by atoms with Crippen LogP contribution in [0.1, 0.15) is 0 Å². The lowest BCUT2D eigenvalue weighted by Crippen LogP contribution is -2.44. The summed E-state index contributed by atoms with van der Waals surface area (Å²) in [5, 5.41) is 3.74. The van der Waals surface area contributed by atoms with Crippen molar-refractivity contribution >= 4 is 19.7 Å². The molecule has 3 aliphatic rings. The van der Waals surface area contributed by atoms with Crippen LogP contribution in [-0.2, 0) is 18.4 Å². The zero-order valence-corrected chi connectivity index (χ0v) is 6.47. The lowest BCUT2D eigenvalue weighted by atomic mass is 10.9. The molecule has 0 aromatic rings. The molecule has 4 N–H and O–H groups in total. The normalized spacial score (nSPS) is 34.2. The van der Waals surface area contributed by atoms with E-state index in [-0.39, 0.29) is 11.9 Å². The van der Waals surface area contributed by atoms with E-state index in [1.807, 2.05) is 0 Å². The predicted molar refractivity (Wildman–Crippen MR) is 35.9 cm³/mol. The highest BCUT2D eigenvalue weighted by Gasteiger charge is 2.50. The van der Waals surface area contributed by atoms with E-state index >= 15 is 0 Å². The van der Waals surface area contributed by atoms with Gasteiger partial charge in [0.25, 0.3) is 11.9 Å². The summed E-state index contributed by atoms with van der Waals surface area (Å²) < 4.78 is 24.2. The van der Waals surface area contributed by atoms with Crippen molar-refractivity contribution in [2.24, 2.45) is 21.6 Å². The molecule has 3 heterocycles. The van der Waals surface area contributed by atoms with Crippen LogP contribution in [0.5, 0.6) is 0 Å². The highest BCUT2D eigenvalue weighted by molar-refractivity contribution is 7.49. The second kappa shape index (κ2) is 2.09. The topological polar surface area (TPSA) is 125 Å². The summed E-state index contributed by atoms with van der Waals surface area (Å²) in [6, 6.07) is 0. The van der Waals surface area contributed by atoms with Crippen LogP contribution < -0.4 is 11.5 Å². The fourth-order valence-electron chi connectivity index (χ4n) is 0.572. The first-order valence-corrected chi connectivity index (χ1v) is 4.21. The van der Waals surface area contributed by atoms with Gasteiger partial charge in [-0.3, -0.25) is 4.62 Å². The van der Waals surface area contributed by atoms with Crippen LogP contribution in [0.4, 0.5) is 0 Å². The number of fused-ring (bicyclic) bond motifs is 2. The molecule has 0 saturated carbocycles. The third-order valence-corrected chi connectivity index (χ3v) is 1.98. The number of hydrogen-bond acceptors (Lipinski definition) is 9. The van der Waals surface area contributed by atoms with Crippen molar-refractivity contribution in [2.45, 2.75) is 0 Å². The van der Waals surface area contributed by atoms with Crippen molar-refractivity contribution in [1.29, 1.82) is 0 Å². The Morgan fingerprint density at radius 1 is 1.42 bits per heavy atom. The minimum atomic E-state index is -3.59. The molecule has 0 aromatic carbocycles. The van der Waals surface area contributed by atoms with E-state index < -0.39 is 7.82 Å². The Bertz CT molecular complexity index is 313. The van der Waals surface area contributed by atoms with Crippen LogP contribution in [0.2, 0.25) is 0 Å². The zero-order chi connectivity index (χ0) is 8.77. The van der Waals surface area contributed by atoms with E-state index in [9.17, 15) is 4.57 Å². The molecule has 9 nitrogen and oxygen atoms in total. The monoisotopic (exact) mass is 193 g/mol. The SMILES string of the molecule is NC1=N/OP2(=O)ON(O2)/C(N)=N\1. The van der Waals surface area contributed by atoms with Gasteiger partial charge in [-0.15, -0.1) is 9.25 Å². The van der Waals surface area contributed by atoms with Crippen LogP contribution in [0.3, 0.4) is 0 Å². The lowest BCUT2D eigenvalue weighted by Gasteiger charge is -2.32. The molecular formula is C2H4N5O4P. The molecule has 66 valence electrons. The summed E-state index contributed by atoms with van der Waals surface area (Å²) in [5.74, 6) is -0.463. The summed E-state index contributed by atoms with van der Waals surface area (Å²) in [6.45, 7) is 0. The number of nitrogens with two attached hydrogens (primary N) is 2. The van der Waals surface area contributed by atoms with Gasteiger partial charge in [-0.2, -0.15) is 4.99 Å². The van der Waals surface area contributed by atoms with E-state index in [0.29, 0.717) is 5.23 Å². The number of nitrogens with zero attached hydrogens (tertiary/aromatic N) is 3. The molecule has 1 fully saturated rings. The van der Waals surface area contributed by atoms with E-state index in [4.69, 9.17) is 11.5 Å². The van der Waals surface area contributed by atoms with Crippen molar-refractivity contribution < 1.29 is 18.4 Å². The molecule has 0 aromatic heterocycles. The Balaban J connectivity index is 2.31. The summed E-state index contributed by atoms with van der Waals surface area (Å²) in [5.41, 5.74) is 10.4. The predicted octanol–water partition coefficient (Wildman–Crippen LogP) is -1.15. The molecule has 0 amide bonds. The number of phosphoric acid groups is 1. The van der Waals surface area contributed by atoms with Crippen molar-refractivity contribution in [2.75, 3.05) is 0 Å². The Morgan fingerprint density at radius 3 is 2.75 bits per heavy atom. The van der Waals surface area contributed by atoms with Gasteiger partial charge in [0.1, 0.15) is 0 Å². The van der Waals surface area contributed by atoms with Crippen LogP contribution in [0.25, 0.3) is 0 Å². The standard InChI is InChI=1S/C2H4N5O4P/c3-1-5-2(4)7-10-12(8,11-7)9-6-1/h(H4,3,4,5,6). The molecule has 0 unspecified atom stereocenters. The molecule has 3 rings (SSSR count). The Morgan fingerprint density at radius 2 is 2.08 bits per heavy atom. The third-order valence-electron chi connectivity index (χ3n) is 0.999. The highest BCUT2D eigenvalue weighted by atomic mass is 31.2. The number of hydroxylamine groups is 2. The first-order valence-electron chi connectivity index (χ1n) is 2.75. The van der Waals surface area contributed by atoms with Crippen LogP contribution >= 0.6 is 7.82 Å². The maximum atomic E-state index is 11.0. The lowest BCUT2D eigenvalue weighted by molar-refractivity contribution is -0.301. The molecule has 1 saturated heterocycles. The molecule has 0 atom stereocenters. The minimum absolute atomic E-state index is 0.203. The first-order chi connectivity index (χ1) is 5.59. The third kappa shape index (κ3) is 0.998. The maximum Gasteiger partial charge on any atom is 0.599 e. The van der Waals surface area contributed by atoms with Crippen LogP contribution in [0.15, 0.2) is 10.1 Å². The molecule has 12 heavy (non-hydrogen) atoms. The number of aliphatic imine (C=N–C) groups is 1. The molecule has 0 spiro atoms. The van der Waals surface area contributed by atoms with Gasteiger partial charge in [0.2, 0.25) is 0 Å². The van der Waals surface area contributed by atoms with Gasteiger partial charge in [-0.05, 0) is 5.16 Å². The average Bonchev–Trinajstić information content (AvgIpc) is 1.93. The van der Waals surface area contributed by atoms with Gasteiger partial charge in [0.15, 0.2) is 0 Å². The molecular weight excluding hydrogens is 189 g/mol. The van der Waals surface area contributed by atoms with Crippen molar-refractivity contribution in [1.82, 2.24) is 5.23 Å². The summed E-state index contributed by atoms with van der Waals surface area (Å²) in [4.78, 5) is 3.44. The fraction of sp³-hybridized carbons (Fsp3) is 0. The second-order valence-electron chi connectivity index (χ2n) is 1.87. The number of rotatable bonds is 0. The fourth-order valence-corrected chi connectivity index (χ4v) is 1.36. The Hall–Kier alpha value is -1.31. The van der Waals surface area contributed by atoms with Crippen LogP contribution in [-0.4, -0.2) is 17.1 Å². The van der Waals surface area contributed by atoms with Gasteiger partial charge in [-0.25, -0.2) is 4.57 Å². The van der Waals surface area contributed by atoms with E-state index in [1.54, 1.807) is 0 Å². The Kier molecular flexibility index (Phi) is 1.28. The van der Waals surface area contributed by atoms with E-state index in [1.165, 1.54) is 0 Å². The smallest absolute Gasteiger partial charge is 0.366 e. The molecule has 0 aliphatic carbocycles. The summed E-state index contributed by atoms with van der Waals surface area (Å²) >= 11 is 0. The van der Waals surface area contributed by atoms with Crippen LogP contribution in [0, 0.1) is 0 Å². The van der Waals surface area contributed by atoms with E-state index in [0.717, 1.165) is 0 Å².